The van der Waals surface area contributed by atoms with Crippen LogP contribution in [0.2, 0.25) is 0 Å². The zero-order chi connectivity index (χ0) is 17.8. The van der Waals surface area contributed by atoms with Crippen LogP contribution in [0.25, 0.3) is 0 Å². The number of piperazine rings is 1. The van der Waals surface area contributed by atoms with Crippen molar-refractivity contribution in [2.24, 2.45) is 0 Å². The van der Waals surface area contributed by atoms with Gasteiger partial charge in [0.2, 0.25) is 5.91 Å². The lowest BCUT2D eigenvalue weighted by Gasteiger charge is -2.52. The van der Waals surface area contributed by atoms with Crippen molar-refractivity contribution in [3.8, 4) is 0 Å². The number of hydrogen-bond donors (Lipinski definition) is 0. The summed E-state index contributed by atoms with van der Waals surface area (Å²) >= 11 is 0. The molecular weight excluding hydrogens is 310 g/mol. The maximum atomic E-state index is 12.0. The molecule has 0 radical (unpaired) electrons. The lowest BCUT2D eigenvalue weighted by Crippen LogP contribution is -2.68. The molecule has 2 aliphatic heterocycles. The number of benzene rings is 2. The van der Waals surface area contributed by atoms with Crippen LogP contribution in [0.5, 0.6) is 0 Å². The fraction of sp³-hybridized carbons (Fsp3) is 0.381. The summed E-state index contributed by atoms with van der Waals surface area (Å²) in [7, 11) is 0. The van der Waals surface area contributed by atoms with Gasteiger partial charge in [0.1, 0.15) is 0 Å². The third kappa shape index (κ3) is 4.09. The van der Waals surface area contributed by atoms with E-state index in [0.29, 0.717) is 6.54 Å². The minimum Gasteiger partial charge on any atom is -0.308 e. The summed E-state index contributed by atoms with van der Waals surface area (Å²) in [6.07, 6.45) is 0. The maximum Gasteiger partial charge on any atom is 0.224 e. The molecule has 2 heterocycles. The summed E-state index contributed by atoms with van der Waals surface area (Å²) in [5.41, 5.74) is 4.43. The maximum absolute atomic E-state index is 12.0. The van der Waals surface area contributed by atoms with Crippen molar-refractivity contribution in [1.29, 1.82) is 0 Å². The molecular formula is C21H27N3O. The van der Waals surface area contributed by atoms with E-state index in [1.165, 1.54) is 26.2 Å². The number of para-hydroxylation sites is 1. The topological polar surface area (TPSA) is 26.8 Å². The zero-order valence-corrected chi connectivity index (χ0v) is 15.4. The third-order valence-corrected chi connectivity index (χ3v) is 4.91. The molecule has 0 bridgehead atoms. The van der Waals surface area contributed by atoms with Gasteiger partial charge in [0.05, 0.1) is 6.54 Å². The van der Waals surface area contributed by atoms with E-state index in [0.717, 1.165) is 22.4 Å². The zero-order valence-electron chi connectivity index (χ0n) is 15.4. The van der Waals surface area contributed by atoms with Crippen LogP contribution in [0.4, 0.5) is 5.69 Å². The molecule has 2 fully saturated rings. The predicted octanol–water partition coefficient (Wildman–Crippen LogP) is 3.39. The second-order valence-electron chi connectivity index (χ2n) is 6.74. The SMILES string of the molecule is C1CN2CCN12.CC(=O)N(Cc1ccccc1)c1c(C)cccc1C. The predicted molar refractivity (Wildman–Crippen MR) is 102 cm³/mol. The summed E-state index contributed by atoms with van der Waals surface area (Å²) in [6, 6.07) is 16.2. The Morgan fingerprint density at radius 1 is 0.880 bits per heavy atom. The van der Waals surface area contributed by atoms with E-state index in [4.69, 9.17) is 0 Å². The van der Waals surface area contributed by atoms with E-state index in [2.05, 4.69) is 10.0 Å². The van der Waals surface area contributed by atoms with Gasteiger partial charge < -0.3 is 4.90 Å². The first kappa shape index (κ1) is 17.6. The number of fused-ring (bicyclic) bond motifs is 1. The molecule has 0 spiro atoms. The average Bonchev–Trinajstić information content (AvgIpc) is 2.58. The van der Waals surface area contributed by atoms with E-state index in [1.54, 1.807) is 6.92 Å². The van der Waals surface area contributed by atoms with Crippen molar-refractivity contribution in [1.82, 2.24) is 10.0 Å². The molecule has 0 unspecified atom stereocenters. The first-order chi connectivity index (χ1) is 12.1. The van der Waals surface area contributed by atoms with Crippen LogP contribution >= 0.6 is 0 Å². The Morgan fingerprint density at radius 2 is 1.40 bits per heavy atom. The molecule has 2 aliphatic rings. The van der Waals surface area contributed by atoms with E-state index in [9.17, 15) is 4.79 Å². The molecule has 4 heteroatoms. The molecule has 25 heavy (non-hydrogen) atoms. The van der Waals surface area contributed by atoms with E-state index in [1.807, 2.05) is 67.3 Å². The lowest BCUT2D eigenvalue weighted by atomic mass is 10.1. The first-order valence-corrected chi connectivity index (χ1v) is 8.94. The van der Waals surface area contributed by atoms with Gasteiger partial charge in [-0.3, -0.25) is 4.79 Å². The molecule has 0 N–H and O–H groups in total. The Balaban J connectivity index is 0.000000250. The molecule has 0 aromatic heterocycles. The molecule has 0 atom stereocenters. The third-order valence-electron chi connectivity index (χ3n) is 4.91. The molecule has 0 saturated carbocycles. The summed E-state index contributed by atoms with van der Waals surface area (Å²) in [6.45, 7) is 11.6. The molecule has 4 rings (SSSR count). The van der Waals surface area contributed by atoms with Gasteiger partial charge in [0, 0.05) is 38.8 Å². The van der Waals surface area contributed by atoms with Crippen molar-refractivity contribution < 1.29 is 4.79 Å². The smallest absolute Gasteiger partial charge is 0.224 e. The van der Waals surface area contributed by atoms with Gasteiger partial charge in [0.15, 0.2) is 0 Å². The number of hydrogen-bond acceptors (Lipinski definition) is 3. The number of rotatable bonds is 3. The molecule has 2 saturated heterocycles. The Hall–Kier alpha value is -2.17. The van der Waals surface area contributed by atoms with Crippen LogP contribution in [-0.2, 0) is 11.3 Å². The summed E-state index contributed by atoms with van der Waals surface area (Å²) in [4.78, 5) is 13.8. The minimum atomic E-state index is 0.0706. The van der Waals surface area contributed by atoms with E-state index >= 15 is 0 Å². The van der Waals surface area contributed by atoms with Crippen LogP contribution in [0.1, 0.15) is 23.6 Å². The molecule has 4 nitrogen and oxygen atoms in total. The Labute approximate surface area is 150 Å². The Bertz CT molecular complexity index is 691. The molecule has 132 valence electrons. The number of hydrazine groups is 1. The largest absolute Gasteiger partial charge is 0.308 e. The van der Waals surface area contributed by atoms with Crippen LogP contribution in [0, 0.1) is 13.8 Å². The van der Waals surface area contributed by atoms with Crippen molar-refractivity contribution in [3.63, 3.8) is 0 Å². The summed E-state index contributed by atoms with van der Waals surface area (Å²) < 4.78 is 0. The lowest BCUT2D eigenvalue weighted by molar-refractivity contribution is -0.189. The standard InChI is InChI=1S/C17H19NO.C4H8N2/c1-13-8-7-9-14(2)17(13)18(15(3)19)12-16-10-5-4-6-11-16;1-2-6-4-3-5(1)6/h4-11H,12H2,1-3H3;1-4H2. The van der Waals surface area contributed by atoms with Gasteiger partial charge >= 0.3 is 0 Å². The highest BCUT2D eigenvalue weighted by Crippen LogP contribution is 2.26. The molecule has 0 aliphatic carbocycles. The van der Waals surface area contributed by atoms with Gasteiger partial charge in [-0.15, -0.1) is 0 Å². The van der Waals surface area contributed by atoms with Crippen LogP contribution in [0.3, 0.4) is 0 Å². The van der Waals surface area contributed by atoms with Gasteiger partial charge in [-0.25, -0.2) is 10.0 Å². The Morgan fingerprint density at radius 3 is 1.80 bits per heavy atom. The average molecular weight is 337 g/mol. The second-order valence-corrected chi connectivity index (χ2v) is 6.74. The monoisotopic (exact) mass is 337 g/mol. The molecule has 1 amide bonds. The van der Waals surface area contributed by atoms with Crippen molar-refractivity contribution in [2.45, 2.75) is 27.3 Å². The van der Waals surface area contributed by atoms with Gasteiger partial charge in [-0.1, -0.05) is 48.5 Å². The summed E-state index contributed by atoms with van der Waals surface area (Å²) in [5, 5.41) is 4.72. The van der Waals surface area contributed by atoms with E-state index < -0.39 is 0 Å². The van der Waals surface area contributed by atoms with Crippen molar-refractivity contribution in [2.75, 3.05) is 31.1 Å². The first-order valence-electron chi connectivity index (χ1n) is 8.94. The van der Waals surface area contributed by atoms with Crippen molar-refractivity contribution in [3.05, 3.63) is 65.2 Å². The highest BCUT2D eigenvalue weighted by Gasteiger charge is 2.32. The number of nitrogens with zero attached hydrogens (tertiary/aromatic N) is 3. The number of carbonyl (C=O) groups is 1. The number of anilines is 1. The number of aryl methyl sites for hydroxylation is 2. The molecule has 2 aromatic rings. The fourth-order valence-electron chi connectivity index (χ4n) is 3.33. The fourth-order valence-corrected chi connectivity index (χ4v) is 3.33. The highest BCUT2D eigenvalue weighted by molar-refractivity contribution is 5.93. The second kappa shape index (κ2) is 7.81. The van der Waals surface area contributed by atoms with Crippen LogP contribution < -0.4 is 4.90 Å². The Kier molecular flexibility index (Phi) is 5.51. The van der Waals surface area contributed by atoms with Crippen molar-refractivity contribution >= 4 is 11.6 Å². The van der Waals surface area contributed by atoms with Crippen LogP contribution in [0.15, 0.2) is 48.5 Å². The number of amides is 1. The number of carbonyl (C=O) groups excluding carboxylic acids is 1. The van der Waals surface area contributed by atoms with Crippen LogP contribution in [-0.4, -0.2) is 42.1 Å². The quantitative estimate of drug-likeness (QED) is 0.859. The highest BCUT2D eigenvalue weighted by atomic mass is 16.2. The van der Waals surface area contributed by atoms with Gasteiger partial charge in [0.25, 0.3) is 0 Å². The molecule has 2 aromatic carbocycles. The summed E-state index contributed by atoms with van der Waals surface area (Å²) in [5.74, 6) is 0.0706. The van der Waals surface area contributed by atoms with Gasteiger partial charge in [-0.2, -0.15) is 0 Å². The normalized spacial score (nSPS) is 16.0. The van der Waals surface area contributed by atoms with E-state index in [-0.39, 0.29) is 5.91 Å². The van der Waals surface area contributed by atoms with Gasteiger partial charge in [-0.05, 0) is 30.5 Å². The minimum absolute atomic E-state index is 0.0706.